The second-order valence-corrected chi connectivity index (χ2v) is 7.68. The summed E-state index contributed by atoms with van der Waals surface area (Å²) in [4.78, 5) is 16.4. The summed E-state index contributed by atoms with van der Waals surface area (Å²) in [5.74, 6) is 0.446. The van der Waals surface area contributed by atoms with Crippen LogP contribution in [0.2, 0.25) is 5.02 Å². The highest BCUT2D eigenvalue weighted by atomic mass is 35.5. The van der Waals surface area contributed by atoms with E-state index in [0.29, 0.717) is 5.69 Å². The van der Waals surface area contributed by atoms with Crippen LogP contribution in [-0.2, 0) is 0 Å². The number of hydrogen-bond acceptors (Lipinski definition) is 5. The van der Waals surface area contributed by atoms with E-state index in [1.54, 1.807) is 24.5 Å². The number of nitrogens with zero attached hydrogens (tertiary/aromatic N) is 5. The third kappa shape index (κ3) is 4.57. The van der Waals surface area contributed by atoms with Gasteiger partial charge in [-0.1, -0.05) is 11.6 Å². The topological polar surface area (TPSA) is 35.5 Å². The molecule has 0 bridgehead atoms. The number of halogens is 2. The van der Waals surface area contributed by atoms with Gasteiger partial charge in [-0.25, -0.2) is 9.37 Å². The first-order valence-electron chi connectivity index (χ1n) is 9.66. The lowest BCUT2D eigenvalue weighted by molar-refractivity contribution is 0.215. The Kier molecular flexibility index (Phi) is 5.86. The van der Waals surface area contributed by atoms with Crippen LogP contribution in [0, 0.1) is 5.82 Å². The van der Waals surface area contributed by atoms with Gasteiger partial charge in [0.1, 0.15) is 11.6 Å². The second kappa shape index (κ2) is 8.50. The summed E-state index contributed by atoms with van der Waals surface area (Å²) in [6.45, 7) is 8.83. The lowest BCUT2D eigenvalue weighted by atomic mass is 10.1. The first kappa shape index (κ1) is 18.6. The molecule has 2 aliphatic rings. The molecule has 27 heavy (non-hydrogen) atoms. The lowest BCUT2D eigenvalue weighted by Crippen LogP contribution is -2.48. The van der Waals surface area contributed by atoms with E-state index in [1.807, 2.05) is 0 Å². The zero-order valence-corrected chi connectivity index (χ0v) is 16.2. The van der Waals surface area contributed by atoms with Crippen LogP contribution < -0.4 is 4.90 Å². The third-order valence-corrected chi connectivity index (χ3v) is 5.75. The van der Waals surface area contributed by atoms with Gasteiger partial charge in [0.15, 0.2) is 0 Å². The van der Waals surface area contributed by atoms with Crippen molar-refractivity contribution in [3.8, 4) is 11.3 Å². The van der Waals surface area contributed by atoms with Crippen molar-refractivity contribution in [2.45, 2.75) is 12.8 Å². The van der Waals surface area contributed by atoms with E-state index in [2.05, 4.69) is 19.7 Å². The fourth-order valence-electron chi connectivity index (χ4n) is 3.79. The highest BCUT2D eigenvalue weighted by Crippen LogP contribution is 2.25. The quantitative estimate of drug-likeness (QED) is 0.785. The SMILES string of the molecule is Fc1ccc(-c2cncc(N3CCN(CCN4CCCC4)CC3)n2)cc1Cl. The molecule has 0 spiro atoms. The zero-order chi connectivity index (χ0) is 18.6. The molecule has 0 N–H and O–H groups in total. The first-order chi connectivity index (χ1) is 13.2. The summed E-state index contributed by atoms with van der Waals surface area (Å²) < 4.78 is 13.4. The van der Waals surface area contributed by atoms with Crippen LogP contribution in [0.4, 0.5) is 10.2 Å². The minimum Gasteiger partial charge on any atom is -0.353 e. The molecule has 1 aromatic carbocycles. The van der Waals surface area contributed by atoms with Gasteiger partial charge < -0.3 is 9.80 Å². The molecule has 0 aliphatic carbocycles. The van der Waals surface area contributed by atoms with Crippen molar-refractivity contribution in [1.82, 2.24) is 19.8 Å². The van der Waals surface area contributed by atoms with Crippen molar-refractivity contribution >= 4 is 17.4 Å². The molecule has 4 rings (SSSR count). The van der Waals surface area contributed by atoms with Crippen LogP contribution in [0.1, 0.15) is 12.8 Å². The largest absolute Gasteiger partial charge is 0.353 e. The Balaban J connectivity index is 1.36. The van der Waals surface area contributed by atoms with Gasteiger partial charge in [-0.05, 0) is 44.1 Å². The van der Waals surface area contributed by atoms with Gasteiger partial charge in [-0.15, -0.1) is 0 Å². The van der Waals surface area contributed by atoms with E-state index in [4.69, 9.17) is 16.6 Å². The van der Waals surface area contributed by atoms with Crippen molar-refractivity contribution < 1.29 is 4.39 Å². The van der Waals surface area contributed by atoms with E-state index in [0.717, 1.165) is 44.1 Å². The van der Waals surface area contributed by atoms with Crippen LogP contribution in [-0.4, -0.2) is 72.1 Å². The van der Waals surface area contributed by atoms with Crippen LogP contribution >= 0.6 is 11.6 Å². The molecule has 2 aromatic rings. The summed E-state index contributed by atoms with van der Waals surface area (Å²) in [7, 11) is 0. The number of rotatable bonds is 5. The molecule has 0 radical (unpaired) electrons. The molecular formula is C20H25ClFN5. The molecule has 144 valence electrons. The molecule has 7 heteroatoms. The monoisotopic (exact) mass is 389 g/mol. The maximum atomic E-state index is 13.4. The molecule has 2 saturated heterocycles. The standard InChI is InChI=1S/C20H25ClFN5/c21-17-13-16(3-4-18(17)22)19-14-23-15-20(24-19)27-11-9-26(10-12-27)8-7-25-5-1-2-6-25/h3-4,13-15H,1-2,5-12H2. The fourth-order valence-corrected chi connectivity index (χ4v) is 3.97. The normalized spacial score (nSPS) is 19.0. The van der Waals surface area contributed by atoms with Crippen LogP contribution in [0.5, 0.6) is 0 Å². The van der Waals surface area contributed by atoms with Crippen molar-refractivity contribution in [3.63, 3.8) is 0 Å². The predicted molar refractivity (Wildman–Crippen MR) is 107 cm³/mol. The van der Waals surface area contributed by atoms with E-state index in [1.165, 1.54) is 38.5 Å². The van der Waals surface area contributed by atoms with Gasteiger partial charge in [0.05, 0.1) is 23.1 Å². The Labute approximate surface area is 164 Å². The molecule has 1 aromatic heterocycles. The zero-order valence-electron chi connectivity index (χ0n) is 15.4. The number of likely N-dealkylation sites (tertiary alicyclic amines) is 1. The molecule has 2 fully saturated rings. The van der Waals surface area contributed by atoms with Crippen molar-refractivity contribution in [1.29, 1.82) is 0 Å². The average molecular weight is 390 g/mol. The Morgan fingerprint density at radius 2 is 1.63 bits per heavy atom. The van der Waals surface area contributed by atoms with Crippen LogP contribution in [0.25, 0.3) is 11.3 Å². The minimum absolute atomic E-state index is 0.103. The Morgan fingerprint density at radius 1 is 0.926 bits per heavy atom. The van der Waals surface area contributed by atoms with E-state index in [-0.39, 0.29) is 5.02 Å². The van der Waals surface area contributed by atoms with Crippen molar-refractivity contribution in [2.24, 2.45) is 0 Å². The maximum Gasteiger partial charge on any atom is 0.147 e. The van der Waals surface area contributed by atoms with Crippen LogP contribution in [0.3, 0.4) is 0 Å². The van der Waals surface area contributed by atoms with Gasteiger partial charge in [0, 0.05) is 44.8 Å². The summed E-state index contributed by atoms with van der Waals surface area (Å²) in [6.07, 6.45) is 6.19. The summed E-state index contributed by atoms with van der Waals surface area (Å²) in [5, 5.41) is 0.103. The predicted octanol–water partition coefficient (Wildman–Crippen LogP) is 3.15. The Morgan fingerprint density at radius 3 is 2.33 bits per heavy atom. The number of hydrogen-bond donors (Lipinski definition) is 0. The average Bonchev–Trinajstić information content (AvgIpc) is 3.23. The fraction of sp³-hybridized carbons (Fsp3) is 0.500. The van der Waals surface area contributed by atoms with Gasteiger partial charge in [-0.3, -0.25) is 9.88 Å². The lowest BCUT2D eigenvalue weighted by Gasteiger charge is -2.36. The number of aromatic nitrogens is 2. The Hall–Kier alpha value is -1.76. The van der Waals surface area contributed by atoms with Gasteiger partial charge in [0.25, 0.3) is 0 Å². The molecular weight excluding hydrogens is 365 g/mol. The van der Waals surface area contributed by atoms with E-state index < -0.39 is 5.82 Å². The van der Waals surface area contributed by atoms with Crippen molar-refractivity contribution in [3.05, 3.63) is 41.4 Å². The number of benzene rings is 1. The van der Waals surface area contributed by atoms with E-state index in [9.17, 15) is 4.39 Å². The highest BCUT2D eigenvalue weighted by Gasteiger charge is 2.20. The number of piperazine rings is 1. The molecule has 5 nitrogen and oxygen atoms in total. The highest BCUT2D eigenvalue weighted by molar-refractivity contribution is 6.31. The van der Waals surface area contributed by atoms with Gasteiger partial charge in [0.2, 0.25) is 0 Å². The maximum absolute atomic E-state index is 13.4. The summed E-state index contributed by atoms with van der Waals surface area (Å²) in [5.41, 5.74) is 1.49. The minimum atomic E-state index is -0.422. The first-order valence-corrected chi connectivity index (χ1v) is 10.0. The van der Waals surface area contributed by atoms with Gasteiger partial charge >= 0.3 is 0 Å². The molecule has 0 saturated carbocycles. The summed E-state index contributed by atoms with van der Waals surface area (Å²) in [6, 6.07) is 4.65. The summed E-state index contributed by atoms with van der Waals surface area (Å²) >= 11 is 5.90. The Bertz CT molecular complexity index is 773. The molecule has 2 aliphatic heterocycles. The molecule has 0 atom stereocenters. The molecule has 0 amide bonds. The smallest absolute Gasteiger partial charge is 0.147 e. The molecule has 0 unspecified atom stereocenters. The van der Waals surface area contributed by atoms with E-state index >= 15 is 0 Å². The second-order valence-electron chi connectivity index (χ2n) is 7.27. The molecule has 3 heterocycles. The van der Waals surface area contributed by atoms with Crippen LogP contribution in [0.15, 0.2) is 30.6 Å². The number of anilines is 1. The van der Waals surface area contributed by atoms with Gasteiger partial charge in [-0.2, -0.15) is 0 Å². The third-order valence-electron chi connectivity index (χ3n) is 5.46. The van der Waals surface area contributed by atoms with Crippen molar-refractivity contribution in [2.75, 3.05) is 57.3 Å².